The van der Waals surface area contributed by atoms with E-state index < -0.39 is 0 Å². The van der Waals surface area contributed by atoms with E-state index in [9.17, 15) is 0 Å². The first-order chi connectivity index (χ1) is 6.49. The van der Waals surface area contributed by atoms with E-state index in [0.717, 1.165) is 4.43 Å². The fraction of sp³-hybridized carbons (Fsp3) is 1.00. The van der Waals surface area contributed by atoms with Gasteiger partial charge in [0.15, 0.2) is 0 Å². The van der Waals surface area contributed by atoms with E-state index in [1.54, 1.807) is 7.11 Å². The lowest BCUT2D eigenvalue weighted by Crippen LogP contribution is -2.41. The van der Waals surface area contributed by atoms with Crippen LogP contribution in [-0.4, -0.2) is 35.7 Å². The number of hydrogen-bond donors (Lipinski definition) is 0. The third-order valence-electron chi connectivity index (χ3n) is 2.08. The quantitative estimate of drug-likeness (QED) is 0.526. The second-order valence-corrected chi connectivity index (χ2v) is 5.10. The largest absolute Gasteiger partial charge is 0.382 e. The standard InChI is InChI=1S/C10H20ClIO2/c1-8(2)9(5-13-4)14-10(3,6-11)7-12/h8-9H,5-7H2,1-4H3. The number of methoxy groups -OCH3 is 1. The van der Waals surface area contributed by atoms with Crippen LogP contribution < -0.4 is 0 Å². The summed E-state index contributed by atoms with van der Waals surface area (Å²) in [5.74, 6) is 0.962. The molecule has 0 spiro atoms. The molecular formula is C10H20ClIO2. The van der Waals surface area contributed by atoms with Gasteiger partial charge in [-0.25, -0.2) is 0 Å². The van der Waals surface area contributed by atoms with Crippen LogP contribution in [0.3, 0.4) is 0 Å². The molecule has 0 radical (unpaired) electrons. The Morgan fingerprint density at radius 3 is 2.29 bits per heavy atom. The average molecular weight is 335 g/mol. The molecule has 0 aromatic heterocycles. The summed E-state index contributed by atoms with van der Waals surface area (Å²) in [6.07, 6.45) is 0.124. The lowest BCUT2D eigenvalue weighted by molar-refractivity contribution is -0.0991. The fourth-order valence-electron chi connectivity index (χ4n) is 0.991. The number of alkyl halides is 2. The van der Waals surface area contributed by atoms with Crippen LogP contribution in [0.1, 0.15) is 20.8 Å². The predicted octanol–water partition coefficient (Wildman–Crippen LogP) is 3.11. The molecule has 0 aliphatic carbocycles. The minimum absolute atomic E-state index is 0.124. The Morgan fingerprint density at radius 2 is 2.00 bits per heavy atom. The summed E-state index contributed by atoms with van der Waals surface area (Å²) >= 11 is 8.19. The molecule has 4 heteroatoms. The van der Waals surface area contributed by atoms with Crippen molar-refractivity contribution in [2.75, 3.05) is 24.0 Å². The zero-order valence-corrected chi connectivity index (χ0v) is 12.3. The number of hydrogen-bond acceptors (Lipinski definition) is 2. The Labute approximate surface area is 106 Å². The highest BCUT2D eigenvalue weighted by Crippen LogP contribution is 2.21. The summed E-state index contributed by atoms with van der Waals surface area (Å²) in [6, 6.07) is 0. The molecule has 0 bridgehead atoms. The van der Waals surface area contributed by atoms with E-state index in [2.05, 4.69) is 36.4 Å². The van der Waals surface area contributed by atoms with Crippen LogP contribution >= 0.6 is 34.2 Å². The van der Waals surface area contributed by atoms with E-state index >= 15 is 0 Å². The maximum atomic E-state index is 5.97. The minimum Gasteiger partial charge on any atom is -0.382 e. The molecule has 0 saturated carbocycles. The maximum Gasteiger partial charge on any atom is 0.0883 e. The van der Waals surface area contributed by atoms with Crippen LogP contribution in [-0.2, 0) is 9.47 Å². The summed E-state index contributed by atoms with van der Waals surface area (Å²) in [7, 11) is 1.70. The number of rotatable bonds is 7. The molecule has 0 aliphatic heterocycles. The lowest BCUT2D eigenvalue weighted by atomic mass is 10.1. The van der Waals surface area contributed by atoms with Gasteiger partial charge in [-0.05, 0) is 12.8 Å². The maximum absolute atomic E-state index is 5.97. The molecule has 0 aromatic carbocycles. The molecule has 14 heavy (non-hydrogen) atoms. The van der Waals surface area contributed by atoms with Crippen molar-refractivity contribution in [3.8, 4) is 0 Å². The molecular weight excluding hydrogens is 314 g/mol. The first-order valence-electron chi connectivity index (χ1n) is 4.77. The van der Waals surface area contributed by atoms with Crippen molar-refractivity contribution in [3.05, 3.63) is 0 Å². The fourth-order valence-corrected chi connectivity index (χ4v) is 1.92. The third-order valence-corrected chi connectivity index (χ3v) is 4.25. The average Bonchev–Trinajstić information content (AvgIpc) is 2.17. The summed E-state index contributed by atoms with van der Waals surface area (Å²) < 4.78 is 12.0. The molecule has 0 fully saturated rings. The van der Waals surface area contributed by atoms with Gasteiger partial charge in [0.2, 0.25) is 0 Å². The number of ether oxygens (including phenoxy) is 2. The Morgan fingerprint density at radius 1 is 1.43 bits per heavy atom. The molecule has 0 amide bonds. The first kappa shape index (κ1) is 14.9. The normalized spacial score (nSPS) is 18.2. The molecule has 0 saturated heterocycles. The van der Waals surface area contributed by atoms with Gasteiger partial charge in [0.25, 0.3) is 0 Å². The summed E-state index contributed by atoms with van der Waals surface area (Å²) in [5, 5.41) is 0. The zero-order chi connectivity index (χ0) is 11.2. The summed E-state index contributed by atoms with van der Waals surface area (Å²) in [6.45, 7) is 6.93. The Kier molecular flexibility index (Phi) is 7.74. The van der Waals surface area contributed by atoms with Gasteiger partial charge in [0, 0.05) is 11.5 Å². The molecule has 0 heterocycles. The van der Waals surface area contributed by atoms with Gasteiger partial charge in [-0.2, -0.15) is 0 Å². The zero-order valence-electron chi connectivity index (χ0n) is 9.35. The van der Waals surface area contributed by atoms with E-state index in [1.165, 1.54) is 0 Å². The second kappa shape index (κ2) is 7.25. The van der Waals surface area contributed by atoms with Gasteiger partial charge in [0.1, 0.15) is 0 Å². The van der Waals surface area contributed by atoms with Crippen LogP contribution in [0, 0.1) is 5.92 Å². The van der Waals surface area contributed by atoms with Crippen LogP contribution in [0.2, 0.25) is 0 Å². The molecule has 0 rings (SSSR count). The van der Waals surface area contributed by atoms with E-state index in [-0.39, 0.29) is 11.7 Å². The van der Waals surface area contributed by atoms with Crippen LogP contribution in [0.5, 0.6) is 0 Å². The van der Waals surface area contributed by atoms with Gasteiger partial charge < -0.3 is 9.47 Å². The van der Waals surface area contributed by atoms with Crippen LogP contribution in [0.25, 0.3) is 0 Å². The van der Waals surface area contributed by atoms with Crippen molar-refractivity contribution in [1.29, 1.82) is 0 Å². The monoisotopic (exact) mass is 334 g/mol. The van der Waals surface area contributed by atoms with Crippen molar-refractivity contribution < 1.29 is 9.47 Å². The molecule has 2 unspecified atom stereocenters. The van der Waals surface area contributed by atoms with Gasteiger partial charge in [-0.1, -0.05) is 36.4 Å². The Bertz CT molecular complexity index is 149. The summed E-state index contributed by atoms with van der Waals surface area (Å²) in [4.78, 5) is 0. The van der Waals surface area contributed by atoms with Gasteiger partial charge in [0.05, 0.1) is 24.2 Å². The molecule has 0 aliphatic rings. The van der Waals surface area contributed by atoms with Crippen LogP contribution in [0.15, 0.2) is 0 Å². The highest BCUT2D eigenvalue weighted by molar-refractivity contribution is 14.1. The highest BCUT2D eigenvalue weighted by Gasteiger charge is 2.28. The molecule has 2 atom stereocenters. The van der Waals surface area contributed by atoms with Crippen molar-refractivity contribution in [1.82, 2.24) is 0 Å². The van der Waals surface area contributed by atoms with Gasteiger partial charge >= 0.3 is 0 Å². The van der Waals surface area contributed by atoms with Crippen LogP contribution in [0.4, 0.5) is 0 Å². The van der Waals surface area contributed by atoms with E-state index in [1.807, 2.05) is 6.92 Å². The highest BCUT2D eigenvalue weighted by atomic mass is 127. The third kappa shape index (κ3) is 5.14. The van der Waals surface area contributed by atoms with E-state index in [0.29, 0.717) is 18.4 Å². The van der Waals surface area contributed by atoms with Crippen molar-refractivity contribution >= 4 is 34.2 Å². The Balaban J connectivity index is 4.25. The summed E-state index contributed by atoms with van der Waals surface area (Å²) in [5.41, 5.74) is -0.240. The lowest BCUT2D eigenvalue weighted by Gasteiger charge is -2.32. The SMILES string of the molecule is COCC(OC(C)(CCl)CI)C(C)C. The van der Waals surface area contributed by atoms with Crippen molar-refractivity contribution in [2.24, 2.45) is 5.92 Å². The van der Waals surface area contributed by atoms with Gasteiger partial charge in [-0.15, -0.1) is 11.6 Å². The molecule has 0 N–H and O–H groups in total. The Hall–Kier alpha value is 0.940. The predicted molar refractivity (Wildman–Crippen MR) is 69.6 cm³/mol. The molecule has 2 nitrogen and oxygen atoms in total. The van der Waals surface area contributed by atoms with Gasteiger partial charge in [-0.3, -0.25) is 0 Å². The smallest absolute Gasteiger partial charge is 0.0883 e. The number of halogens is 2. The van der Waals surface area contributed by atoms with Crippen molar-refractivity contribution in [2.45, 2.75) is 32.5 Å². The van der Waals surface area contributed by atoms with Crippen molar-refractivity contribution in [3.63, 3.8) is 0 Å². The van der Waals surface area contributed by atoms with E-state index in [4.69, 9.17) is 21.1 Å². The molecule has 0 aromatic rings. The topological polar surface area (TPSA) is 18.5 Å². The second-order valence-electron chi connectivity index (χ2n) is 4.07. The first-order valence-corrected chi connectivity index (χ1v) is 6.83. The minimum atomic E-state index is -0.240. The molecule has 86 valence electrons.